The lowest BCUT2D eigenvalue weighted by molar-refractivity contribution is -0.384. The topological polar surface area (TPSA) is 68.0 Å². The van der Waals surface area contributed by atoms with E-state index >= 15 is 0 Å². The highest BCUT2D eigenvalue weighted by Crippen LogP contribution is 2.51. The third-order valence-electron chi connectivity index (χ3n) is 6.28. The zero-order valence-corrected chi connectivity index (χ0v) is 20.9. The van der Waals surface area contributed by atoms with Gasteiger partial charge in [-0.05, 0) is 62.6 Å². The summed E-state index contributed by atoms with van der Waals surface area (Å²) in [4.78, 5) is 10.7. The molecule has 4 aromatic carbocycles. The number of ether oxygens (including phenoxy) is 1. The van der Waals surface area contributed by atoms with Crippen LogP contribution in [0, 0.1) is 10.1 Å². The highest BCUT2D eigenvalue weighted by molar-refractivity contribution is 9.11. The lowest BCUT2D eigenvalue weighted by atomic mass is 9.95. The number of hydrogen-bond acceptors (Lipinski definition) is 5. The average molecular weight is 579 g/mol. The molecule has 0 aliphatic carbocycles. The SMILES string of the molecule is O=[N+]([O-])c1ccc(C2Oc3c(Br)cc(Br)cc3C3CC(c4ccc5ccccc5c4)=NN32)cc1. The number of fused-ring (bicyclic) bond motifs is 4. The largest absolute Gasteiger partial charge is 0.463 e. The number of benzene rings is 4. The summed E-state index contributed by atoms with van der Waals surface area (Å²) < 4.78 is 8.26. The quantitative estimate of drug-likeness (QED) is 0.186. The summed E-state index contributed by atoms with van der Waals surface area (Å²) in [5, 5.41) is 20.5. The summed E-state index contributed by atoms with van der Waals surface area (Å²) >= 11 is 7.25. The van der Waals surface area contributed by atoms with Crippen molar-refractivity contribution in [2.45, 2.75) is 18.7 Å². The fraction of sp³-hybridized carbons (Fsp3) is 0.115. The van der Waals surface area contributed by atoms with Gasteiger partial charge in [-0.15, -0.1) is 0 Å². The Balaban J connectivity index is 1.45. The molecule has 0 aromatic heterocycles. The smallest absolute Gasteiger partial charge is 0.269 e. The first-order chi connectivity index (χ1) is 16.5. The van der Waals surface area contributed by atoms with Crippen LogP contribution < -0.4 is 4.74 Å². The minimum absolute atomic E-state index is 0.0285. The Bertz CT molecular complexity index is 1490. The number of nitro benzene ring substituents is 1. The number of hydrazone groups is 1. The molecule has 6 nitrogen and oxygen atoms in total. The lowest BCUT2D eigenvalue weighted by Gasteiger charge is -2.38. The molecule has 0 bridgehead atoms. The fourth-order valence-electron chi connectivity index (χ4n) is 4.64. The van der Waals surface area contributed by atoms with E-state index in [1.165, 1.54) is 22.9 Å². The molecular formula is C26H17Br2N3O3. The predicted octanol–water partition coefficient (Wildman–Crippen LogP) is 7.52. The van der Waals surface area contributed by atoms with Crippen molar-refractivity contribution in [2.24, 2.45) is 5.10 Å². The van der Waals surface area contributed by atoms with Crippen molar-refractivity contribution in [2.75, 3.05) is 0 Å². The standard InChI is InChI=1S/C26H17Br2N3O3/c27-19-12-21-24-14-23(18-6-5-15-3-1-2-4-17(15)11-18)29-30(24)26(34-25(21)22(28)13-19)16-7-9-20(10-8-16)31(32)33/h1-13,24,26H,14H2. The number of nitro groups is 1. The fourth-order valence-corrected chi connectivity index (χ4v) is 5.99. The molecule has 0 saturated carbocycles. The Labute approximate surface area is 212 Å². The second-order valence-electron chi connectivity index (χ2n) is 8.33. The Kier molecular flexibility index (Phi) is 5.15. The molecule has 0 amide bonds. The molecule has 2 aliphatic rings. The molecule has 2 unspecified atom stereocenters. The van der Waals surface area contributed by atoms with Crippen molar-refractivity contribution < 1.29 is 9.66 Å². The highest BCUT2D eigenvalue weighted by atomic mass is 79.9. The van der Waals surface area contributed by atoms with Crippen molar-refractivity contribution >= 4 is 54.0 Å². The molecule has 2 atom stereocenters. The third-order valence-corrected chi connectivity index (χ3v) is 7.33. The Morgan fingerprint density at radius 2 is 1.74 bits per heavy atom. The van der Waals surface area contributed by atoms with Crippen molar-refractivity contribution in [3.05, 3.63) is 115 Å². The van der Waals surface area contributed by atoms with Gasteiger partial charge in [0.05, 0.1) is 21.1 Å². The van der Waals surface area contributed by atoms with E-state index in [4.69, 9.17) is 9.84 Å². The predicted molar refractivity (Wildman–Crippen MR) is 138 cm³/mol. The van der Waals surface area contributed by atoms with Gasteiger partial charge in [-0.1, -0.05) is 52.3 Å². The summed E-state index contributed by atoms with van der Waals surface area (Å²) in [7, 11) is 0. The maximum atomic E-state index is 11.1. The van der Waals surface area contributed by atoms with Gasteiger partial charge < -0.3 is 4.74 Å². The molecule has 0 N–H and O–H groups in total. The van der Waals surface area contributed by atoms with E-state index in [0.29, 0.717) is 0 Å². The van der Waals surface area contributed by atoms with Crippen LogP contribution in [-0.4, -0.2) is 15.6 Å². The van der Waals surface area contributed by atoms with E-state index in [2.05, 4.69) is 68.3 Å². The summed E-state index contributed by atoms with van der Waals surface area (Å²) in [5.74, 6) is 0.766. The second-order valence-corrected chi connectivity index (χ2v) is 10.1. The van der Waals surface area contributed by atoms with Crippen molar-refractivity contribution in [3.63, 3.8) is 0 Å². The Hall–Kier alpha value is -3.23. The van der Waals surface area contributed by atoms with E-state index in [1.54, 1.807) is 12.1 Å². The molecule has 0 spiro atoms. The van der Waals surface area contributed by atoms with Crippen LogP contribution in [0.5, 0.6) is 5.75 Å². The first-order valence-electron chi connectivity index (χ1n) is 10.7. The molecule has 168 valence electrons. The molecule has 8 heteroatoms. The van der Waals surface area contributed by atoms with E-state index < -0.39 is 11.2 Å². The van der Waals surface area contributed by atoms with Crippen LogP contribution >= 0.6 is 31.9 Å². The van der Waals surface area contributed by atoms with Crippen LogP contribution in [0.2, 0.25) is 0 Å². The monoisotopic (exact) mass is 577 g/mol. The van der Waals surface area contributed by atoms with Crippen molar-refractivity contribution in [1.82, 2.24) is 5.01 Å². The van der Waals surface area contributed by atoms with Gasteiger partial charge in [0.2, 0.25) is 6.23 Å². The molecule has 6 rings (SSSR count). The summed E-state index contributed by atoms with van der Waals surface area (Å²) in [6.07, 6.45) is 0.217. The van der Waals surface area contributed by atoms with Gasteiger partial charge in [-0.3, -0.25) is 10.1 Å². The molecule has 34 heavy (non-hydrogen) atoms. The van der Waals surface area contributed by atoms with Gasteiger partial charge in [-0.25, -0.2) is 5.01 Å². The molecular weight excluding hydrogens is 562 g/mol. The van der Waals surface area contributed by atoms with Gasteiger partial charge in [0.15, 0.2) is 0 Å². The van der Waals surface area contributed by atoms with E-state index in [0.717, 1.165) is 43.5 Å². The minimum atomic E-state index is -0.506. The summed E-state index contributed by atoms with van der Waals surface area (Å²) in [6, 6.07) is 25.2. The average Bonchev–Trinajstić information content (AvgIpc) is 3.29. The zero-order valence-electron chi connectivity index (χ0n) is 17.7. The highest BCUT2D eigenvalue weighted by Gasteiger charge is 2.42. The van der Waals surface area contributed by atoms with Crippen LogP contribution in [0.3, 0.4) is 0 Å². The maximum Gasteiger partial charge on any atom is 0.269 e. The zero-order chi connectivity index (χ0) is 23.4. The first kappa shape index (κ1) is 21.3. The van der Waals surface area contributed by atoms with Crippen LogP contribution in [0.4, 0.5) is 5.69 Å². The second kappa shape index (κ2) is 8.21. The van der Waals surface area contributed by atoms with Crippen LogP contribution in [0.15, 0.2) is 92.9 Å². The Morgan fingerprint density at radius 3 is 2.50 bits per heavy atom. The van der Waals surface area contributed by atoms with Crippen LogP contribution in [0.25, 0.3) is 10.8 Å². The number of rotatable bonds is 3. The Morgan fingerprint density at radius 1 is 0.971 bits per heavy atom. The van der Waals surface area contributed by atoms with Crippen LogP contribution in [0.1, 0.15) is 35.4 Å². The van der Waals surface area contributed by atoms with Gasteiger partial charge in [0.1, 0.15) is 5.75 Å². The van der Waals surface area contributed by atoms with Gasteiger partial charge >= 0.3 is 0 Å². The third kappa shape index (κ3) is 3.58. The number of hydrogen-bond donors (Lipinski definition) is 0. The van der Waals surface area contributed by atoms with Crippen molar-refractivity contribution in [3.8, 4) is 5.75 Å². The van der Waals surface area contributed by atoms with E-state index in [1.807, 2.05) is 23.2 Å². The molecule has 0 saturated heterocycles. The van der Waals surface area contributed by atoms with Crippen molar-refractivity contribution in [1.29, 1.82) is 0 Å². The van der Waals surface area contributed by atoms with Gasteiger partial charge in [-0.2, -0.15) is 5.10 Å². The first-order valence-corrected chi connectivity index (χ1v) is 12.3. The number of nitrogens with zero attached hydrogens (tertiary/aromatic N) is 3. The van der Waals surface area contributed by atoms with Gasteiger partial charge in [0, 0.05) is 34.2 Å². The maximum absolute atomic E-state index is 11.1. The van der Waals surface area contributed by atoms with Gasteiger partial charge in [0.25, 0.3) is 5.69 Å². The normalized spacial score (nSPS) is 18.8. The molecule has 2 heterocycles. The molecule has 0 fully saturated rings. The molecule has 0 radical (unpaired) electrons. The van der Waals surface area contributed by atoms with E-state index in [9.17, 15) is 10.1 Å². The number of halogens is 2. The van der Waals surface area contributed by atoms with E-state index in [-0.39, 0.29) is 11.7 Å². The summed E-state index contributed by atoms with van der Waals surface area (Å²) in [5.41, 5.74) is 3.95. The molecule has 2 aliphatic heterocycles. The lowest BCUT2D eigenvalue weighted by Crippen LogP contribution is -2.33. The minimum Gasteiger partial charge on any atom is -0.463 e. The summed E-state index contributed by atoms with van der Waals surface area (Å²) in [6.45, 7) is 0. The molecule has 4 aromatic rings. The van der Waals surface area contributed by atoms with Crippen LogP contribution in [-0.2, 0) is 0 Å². The number of non-ortho nitro benzene ring substituents is 1.